The zero-order valence-corrected chi connectivity index (χ0v) is 15.0. The highest BCUT2D eigenvalue weighted by atomic mass is 16.6. The van der Waals surface area contributed by atoms with Crippen LogP contribution in [0.5, 0.6) is 0 Å². The van der Waals surface area contributed by atoms with E-state index in [0.29, 0.717) is 6.54 Å². The van der Waals surface area contributed by atoms with Crippen LogP contribution >= 0.6 is 0 Å². The van der Waals surface area contributed by atoms with Crippen LogP contribution in [0, 0.1) is 0 Å². The van der Waals surface area contributed by atoms with Crippen molar-refractivity contribution in [3.05, 3.63) is 0 Å². The first-order chi connectivity index (χ1) is 9.59. The monoisotopic (exact) mass is 302 g/mol. The summed E-state index contributed by atoms with van der Waals surface area (Å²) in [7, 11) is 1.70. The van der Waals surface area contributed by atoms with Gasteiger partial charge in [0.2, 0.25) is 0 Å². The summed E-state index contributed by atoms with van der Waals surface area (Å²) < 4.78 is 10.7. The van der Waals surface area contributed by atoms with Gasteiger partial charge in [0, 0.05) is 19.7 Å². The van der Waals surface area contributed by atoms with Crippen molar-refractivity contribution in [2.45, 2.75) is 84.6 Å². The van der Waals surface area contributed by atoms with Crippen LogP contribution in [0.4, 0.5) is 4.79 Å². The molecule has 126 valence electrons. The summed E-state index contributed by atoms with van der Waals surface area (Å²) in [6.07, 6.45) is 1.44. The Balaban J connectivity index is 4.66. The Morgan fingerprint density at radius 1 is 1.14 bits per heavy atom. The van der Waals surface area contributed by atoms with E-state index in [4.69, 9.17) is 9.47 Å². The second-order valence-corrected chi connectivity index (χ2v) is 6.72. The number of methoxy groups -OCH3 is 1. The van der Waals surface area contributed by atoms with Crippen LogP contribution in [0.25, 0.3) is 0 Å². The van der Waals surface area contributed by atoms with E-state index < -0.39 is 5.60 Å². The molecule has 2 atom stereocenters. The highest BCUT2D eigenvalue weighted by Crippen LogP contribution is 2.17. The van der Waals surface area contributed by atoms with Gasteiger partial charge in [-0.25, -0.2) is 4.79 Å². The summed E-state index contributed by atoms with van der Waals surface area (Å²) >= 11 is 0. The van der Waals surface area contributed by atoms with Gasteiger partial charge in [-0.1, -0.05) is 13.8 Å². The number of alkyl carbamates (subject to hydrolysis) is 1. The Morgan fingerprint density at radius 3 is 2.05 bits per heavy atom. The molecule has 0 aromatic carbocycles. The largest absolute Gasteiger partial charge is 0.444 e. The number of ether oxygens (including phenoxy) is 2. The third-order valence-corrected chi connectivity index (χ3v) is 3.96. The molecule has 0 aliphatic rings. The fraction of sp³-hybridized carbons (Fsp3) is 0.938. The predicted molar refractivity (Wildman–Crippen MR) is 86.6 cm³/mol. The number of carbonyl (C=O) groups excluding carboxylic acids is 1. The van der Waals surface area contributed by atoms with Crippen molar-refractivity contribution in [3.8, 4) is 0 Å². The van der Waals surface area contributed by atoms with Gasteiger partial charge in [-0.3, -0.25) is 0 Å². The van der Waals surface area contributed by atoms with E-state index in [2.05, 4.69) is 31.4 Å². The van der Waals surface area contributed by atoms with Gasteiger partial charge in [-0.15, -0.1) is 0 Å². The van der Waals surface area contributed by atoms with Crippen LogP contribution in [0.2, 0.25) is 0 Å². The van der Waals surface area contributed by atoms with Gasteiger partial charge in [-0.05, 0) is 47.5 Å². The van der Waals surface area contributed by atoms with E-state index in [-0.39, 0.29) is 23.8 Å². The molecule has 0 saturated heterocycles. The van der Waals surface area contributed by atoms with Crippen LogP contribution in [0.3, 0.4) is 0 Å². The number of rotatable bonds is 8. The summed E-state index contributed by atoms with van der Waals surface area (Å²) in [4.78, 5) is 12.0. The first kappa shape index (κ1) is 20.2. The van der Waals surface area contributed by atoms with Crippen LogP contribution in [-0.2, 0) is 9.47 Å². The molecule has 2 N–H and O–H groups in total. The standard InChI is InChI=1S/C16H34N2O3/c1-9-16(10-2,11-17-12(3)13(4)20-8)18-14(19)21-15(5,6)7/h12-13,17H,9-11H2,1-8H3,(H,18,19). The average Bonchev–Trinajstić information content (AvgIpc) is 2.40. The van der Waals surface area contributed by atoms with Gasteiger partial charge in [0.25, 0.3) is 0 Å². The van der Waals surface area contributed by atoms with Crippen LogP contribution in [-0.4, -0.2) is 43.0 Å². The van der Waals surface area contributed by atoms with E-state index >= 15 is 0 Å². The van der Waals surface area contributed by atoms with E-state index in [0.717, 1.165) is 12.8 Å². The molecule has 5 heteroatoms. The summed E-state index contributed by atoms with van der Waals surface area (Å²) in [6.45, 7) is 14.6. The van der Waals surface area contributed by atoms with Crippen molar-refractivity contribution >= 4 is 6.09 Å². The van der Waals surface area contributed by atoms with E-state index in [1.807, 2.05) is 27.7 Å². The number of amides is 1. The van der Waals surface area contributed by atoms with Crippen LogP contribution < -0.4 is 10.6 Å². The minimum atomic E-state index is -0.484. The van der Waals surface area contributed by atoms with Gasteiger partial charge < -0.3 is 20.1 Å². The molecule has 0 aromatic rings. The average molecular weight is 302 g/mol. The summed E-state index contributed by atoms with van der Waals surface area (Å²) in [5.41, 5.74) is -0.785. The summed E-state index contributed by atoms with van der Waals surface area (Å²) in [5.74, 6) is 0. The Morgan fingerprint density at radius 2 is 1.67 bits per heavy atom. The molecule has 0 bridgehead atoms. The maximum atomic E-state index is 12.0. The van der Waals surface area contributed by atoms with Crippen LogP contribution in [0.1, 0.15) is 61.3 Å². The SMILES string of the molecule is CCC(CC)(CNC(C)C(C)OC)NC(=O)OC(C)(C)C. The molecule has 0 saturated carbocycles. The zero-order chi connectivity index (χ0) is 16.7. The third-order valence-electron chi connectivity index (χ3n) is 3.96. The molecule has 5 nitrogen and oxygen atoms in total. The van der Waals surface area contributed by atoms with Gasteiger partial charge in [0.15, 0.2) is 0 Å². The molecule has 0 spiro atoms. The number of hydrogen-bond acceptors (Lipinski definition) is 4. The van der Waals surface area contributed by atoms with Gasteiger partial charge in [-0.2, -0.15) is 0 Å². The molecule has 2 unspecified atom stereocenters. The van der Waals surface area contributed by atoms with E-state index in [1.165, 1.54) is 0 Å². The lowest BCUT2D eigenvalue weighted by atomic mass is 9.92. The van der Waals surface area contributed by atoms with Crippen LogP contribution in [0.15, 0.2) is 0 Å². The van der Waals surface area contributed by atoms with Crippen molar-refractivity contribution in [1.29, 1.82) is 0 Å². The Kier molecular flexibility index (Phi) is 8.26. The van der Waals surface area contributed by atoms with Crippen molar-refractivity contribution in [3.63, 3.8) is 0 Å². The Labute approximate surface area is 130 Å². The van der Waals surface area contributed by atoms with Crippen molar-refractivity contribution in [2.75, 3.05) is 13.7 Å². The topological polar surface area (TPSA) is 59.6 Å². The number of nitrogens with one attached hydrogen (secondary N) is 2. The van der Waals surface area contributed by atoms with Gasteiger partial charge in [0.1, 0.15) is 5.60 Å². The highest BCUT2D eigenvalue weighted by molar-refractivity contribution is 5.68. The van der Waals surface area contributed by atoms with Crippen molar-refractivity contribution in [2.24, 2.45) is 0 Å². The highest BCUT2D eigenvalue weighted by Gasteiger charge is 2.31. The van der Waals surface area contributed by atoms with Crippen molar-refractivity contribution < 1.29 is 14.3 Å². The van der Waals surface area contributed by atoms with Gasteiger partial charge >= 0.3 is 6.09 Å². The fourth-order valence-corrected chi connectivity index (χ4v) is 1.97. The lowest BCUT2D eigenvalue weighted by Crippen LogP contribution is -2.57. The normalized spacial score (nSPS) is 15.4. The molecule has 0 aliphatic heterocycles. The molecule has 0 aliphatic carbocycles. The smallest absolute Gasteiger partial charge is 0.408 e. The fourth-order valence-electron chi connectivity index (χ4n) is 1.97. The molecule has 21 heavy (non-hydrogen) atoms. The predicted octanol–water partition coefficient (Wildman–Crippen LogP) is 3.08. The maximum Gasteiger partial charge on any atom is 0.408 e. The molecule has 0 radical (unpaired) electrons. The maximum absolute atomic E-state index is 12.0. The lowest BCUT2D eigenvalue weighted by Gasteiger charge is -2.35. The molecular formula is C16H34N2O3. The molecule has 0 fully saturated rings. The quantitative estimate of drug-likeness (QED) is 0.723. The molecular weight excluding hydrogens is 268 g/mol. The minimum Gasteiger partial charge on any atom is -0.444 e. The second kappa shape index (κ2) is 8.59. The zero-order valence-electron chi connectivity index (χ0n) is 15.0. The van der Waals surface area contributed by atoms with Gasteiger partial charge in [0.05, 0.1) is 11.6 Å². The minimum absolute atomic E-state index is 0.123. The molecule has 0 rings (SSSR count). The first-order valence-corrected chi connectivity index (χ1v) is 7.86. The first-order valence-electron chi connectivity index (χ1n) is 7.86. The lowest BCUT2D eigenvalue weighted by molar-refractivity contribution is 0.0433. The van der Waals surface area contributed by atoms with Crippen molar-refractivity contribution in [1.82, 2.24) is 10.6 Å². The summed E-state index contributed by atoms with van der Waals surface area (Å²) in [5, 5.41) is 6.48. The third kappa shape index (κ3) is 7.67. The van der Waals surface area contributed by atoms with E-state index in [1.54, 1.807) is 7.11 Å². The molecule has 0 aromatic heterocycles. The Bertz CT molecular complexity index is 309. The molecule has 1 amide bonds. The number of carbonyl (C=O) groups is 1. The van der Waals surface area contributed by atoms with E-state index in [9.17, 15) is 4.79 Å². The Hall–Kier alpha value is -0.810. The molecule has 0 heterocycles. The number of hydrogen-bond donors (Lipinski definition) is 2. The summed E-state index contributed by atoms with van der Waals surface area (Å²) in [6, 6.07) is 0.216. The second-order valence-electron chi connectivity index (χ2n) is 6.72.